The molecule has 1 N–H and O–H groups in total. The first-order valence-corrected chi connectivity index (χ1v) is 7.45. The van der Waals surface area contributed by atoms with E-state index >= 15 is 0 Å². The van der Waals surface area contributed by atoms with Gasteiger partial charge in [-0.05, 0) is 13.0 Å². The molecule has 1 aliphatic rings. The zero-order valence-corrected chi connectivity index (χ0v) is 13.2. The van der Waals surface area contributed by atoms with Crippen molar-refractivity contribution < 1.29 is 9.53 Å². The summed E-state index contributed by atoms with van der Waals surface area (Å²) in [7, 11) is 1.55. The Morgan fingerprint density at radius 3 is 2.92 bits per heavy atom. The van der Waals surface area contributed by atoms with Crippen LogP contribution in [0.25, 0.3) is 5.65 Å². The van der Waals surface area contributed by atoms with E-state index in [1.54, 1.807) is 28.7 Å². The summed E-state index contributed by atoms with van der Waals surface area (Å²) < 4.78 is 7.14. The summed E-state index contributed by atoms with van der Waals surface area (Å²) in [5, 5.41) is 6.40. The molecule has 0 saturated carbocycles. The van der Waals surface area contributed by atoms with Crippen molar-refractivity contribution in [3.63, 3.8) is 0 Å². The number of aromatic nitrogens is 4. The molecule has 0 saturated heterocycles. The summed E-state index contributed by atoms with van der Waals surface area (Å²) in [6.07, 6.45) is 3.58. The Kier molecular flexibility index (Phi) is 3.12. The predicted octanol–water partition coefficient (Wildman–Crippen LogP) is 0.891. The Hall–Kier alpha value is -3.16. The number of H-pyrrole nitrogens is 1. The zero-order valence-electron chi connectivity index (χ0n) is 13.2. The maximum atomic E-state index is 12.8. The second kappa shape index (κ2) is 5.19. The maximum absolute atomic E-state index is 12.8. The van der Waals surface area contributed by atoms with E-state index in [1.807, 2.05) is 13.1 Å². The molecular formula is C16H15N5O3. The van der Waals surface area contributed by atoms with Crippen LogP contribution in [0.2, 0.25) is 0 Å². The summed E-state index contributed by atoms with van der Waals surface area (Å²) in [4.78, 5) is 30.2. The number of aromatic amines is 1. The van der Waals surface area contributed by atoms with Gasteiger partial charge in [0.05, 0.1) is 30.6 Å². The molecule has 8 nitrogen and oxygen atoms in total. The van der Waals surface area contributed by atoms with Crippen LogP contribution in [0.5, 0.6) is 5.75 Å². The van der Waals surface area contributed by atoms with Gasteiger partial charge in [-0.1, -0.05) is 0 Å². The van der Waals surface area contributed by atoms with Gasteiger partial charge in [0.1, 0.15) is 0 Å². The van der Waals surface area contributed by atoms with E-state index in [-0.39, 0.29) is 11.5 Å². The van der Waals surface area contributed by atoms with Gasteiger partial charge in [0.25, 0.3) is 11.5 Å². The molecule has 122 valence electrons. The predicted molar refractivity (Wildman–Crippen MR) is 84.9 cm³/mol. The van der Waals surface area contributed by atoms with Crippen LogP contribution in [0.4, 0.5) is 0 Å². The summed E-state index contributed by atoms with van der Waals surface area (Å²) in [5.74, 6) is 0.394. The minimum absolute atomic E-state index is 0.146. The number of aryl methyl sites for hydroxylation is 1. The summed E-state index contributed by atoms with van der Waals surface area (Å²) in [6.45, 7) is 2.62. The first-order chi connectivity index (χ1) is 11.5. The van der Waals surface area contributed by atoms with Crippen molar-refractivity contribution >= 4 is 11.6 Å². The summed E-state index contributed by atoms with van der Waals surface area (Å²) >= 11 is 0. The van der Waals surface area contributed by atoms with Crippen molar-refractivity contribution in [2.75, 3.05) is 7.11 Å². The smallest absolute Gasteiger partial charge is 0.264 e. The van der Waals surface area contributed by atoms with E-state index in [9.17, 15) is 9.59 Å². The van der Waals surface area contributed by atoms with Crippen molar-refractivity contribution in [1.29, 1.82) is 0 Å². The molecule has 0 aliphatic carbocycles. The fraction of sp³-hybridized carbons (Fsp3) is 0.250. The van der Waals surface area contributed by atoms with E-state index in [0.717, 1.165) is 17.0 Å². The number of rotatable bonds is 2. The number of nitrogens with zero attached hydrogens (tertiary/aromatic N) is 4. The highest BCUT2D eigenvalue weighted by Crippen LogP contribution is 2.25. The van der Waals surface area contributed by atoms with Gasteiger partial charge in [-0.3, -0.25) is 9.59 Å². The highest BCUT2D eigenvalue weighted by Gasteiger charge is 2.26. The standard InChI is InChI=1S/C16H15N5O3/c1-9-5-20-7-11(3-13(24-2)15(20)17-9)16(23)21-6-10-4-14(22)19-18-12(10)8-21/h3-5,7H,6,8H2,1-2H3,(H,19,22). The highest BCUT2D eigenvalue weighted by molar-refractivity contribution is 5.95. The maximum Gasteiger partial charge on any atom is 0.264 e. The molecule has 3 aromatic rings. The number of methoxy groups -OCH3 is 1. The number of carbonyl (C=O) groups excluding carboxylic acids is 1. The third kappa shape index (κ3) is 2.23. The minimum atomic E-state index is -0.264. The molecule has 0 aromatic carbocycles. The molecule has 0 unspecified atom stereocenters. The number of imidazole rings is 1. The molecule has 8 heteroatoms. The van der Waals surface area contributed by atoms with Crippen molar-refractivity contribution in [2.24, 2.45) is 0 Å². The molecule has 4 rings (SSSR count). The Morgan fingerprint density at radius 1 is 1.29 bits per heavy atom. The number of hydrogen-bond donors (Lipinski definition) is 1. The van der Waals surface area contributed by atoms with Gasteiger partial charge >= 0.3 is 0 Å². The Morgan fingerprint density at radius 2 is 2.12 bits per heavy atom. The number of fused-ring (bicyclic) bond motifs is 2. The topological polar surface area (TPSA) is 92.6 Å². The molecule has 0 atom stereocenters. The van der Waals surface area contributed by atoms with Crippen molar-refractivity contribution in [3.05, 3.63) is 57.4 Å². The molecule has 0 radical (unpaired) electrons. The van der Waals surface area contributed by atoms with Crippen LogP contribution in [0.3, 0.4) is 0 Å². The van der Waals surface area contributed by atoms with Crippen LogP contribution in [-0.2, 0) is 13.1 Å². The highest BCUT2D eigenvalue weighted by atomic mass is 16.5. The Bertz CT molecular complexity index is 1020. The lowest BCUT2D eigenvalue weighted by atomic mass is 10.2. The molecule has 0 bridgehead atoms. The average Bonchev–Trinajstić information content (AvgIpc) is 3.14. The molecule has 0 fully saturated rings. The van der Waals surface area contributed by atoms with Crippen LogP contribution >= 0.6 is 0 Å². The van der Waals surface area contributed by atoms with E-state index in [0.29, 0.717) is 30.0 Å². The summed E-state index contributed by atoms with van der Waals surface area (Å²) in [6, 6.07) is 3.17. The van der Waals surface area contributed by atoms with Crippen LogP contribution in [0.15, 0.2) is 29.3 Å². The van der Waals surface area contributed by atoms with Crippen LogP contribution in [-0.4, -0.2) is 37.5 Å². The minimum Gasteiger partial charge on any atom is -0.493 e. The van der Waals surface area contributed by atoms with E-state index in [4.69, 9.17) is 4.74 Å². The average molecular weight is 325 g/mol. The van der Waals surface area contributed by atoms with Gasteiger partial charge < -0.3 is 14.0 Å². The van der Waals surface area contributed by atoms with Crippen LogP contribution in [0.1, 0.15) is 27.3 Å². The molecule has 24 heavy (non-hydrogen) atoms. The third-order valence-electron chi connectivity index (χ3n) is 4.07. The number of carbonyl (C=O) groups is 1. The van der Waals surface area contributed by atoms with Gasteiger partial charge in [-0.15, -0.1) is 0 Å². The monoisotopic (exact) mass is 325 g/mol. The lowest BCUT2D eigenvalue weighted by molar-refractivity contribution is 0.0749. The molecule has 1 aliphatic heterocycles. The number of nitrogens with one attached hydrogen (secondary N) is 1. The SMILES string of the molecule is COc1cc(C(=O)N2Cc3cc(=O)[nH]nc3C2)cn2cc(C)nc12. The second-order valence-electron chi connectivity index (χ2n) is 5.78. The normalized spacial score (nSPS) is 13.3. The van der Waals surface area contributed by atoms with Gasteiger partial charge in [0.2, 0.25) is 0 Å². The van der Waals surface area contributed by atoms with Crippen molar-refractivity contribution in [3.8, 4) is 5.75 Å². The van der Waals surface area contributed by atoms with E-state index in [2.05, 4.69) is 15.2 Å². The number of hydrogen-bond acceptors (Lipinski definition) is 5. The molecule has 0 spiro atoms. The zero-order chi connectivity index (χ0) is 16.8. The van der Waals surface area contributed by atoms with Gasteiger partial charge in [-0.25, -0.2) is 10.1 Å². The van der Waals surface area contributed by atoms with E-state index < -0.39 is 0 Å². The largest absolute Gasteiger partial charge is 0.493 e. The molecular weight excluding hydrogens is 310 g/mol. The molecule has 3 aromatic heterocycles. The first-order valence-electron chi connectivity index (χ1n) is 7.45. The fourth-order valence-corrected chi connectivity index (χ4v) is 2.97. The van der Waals surface area contributed by atoms with E-state index in [1.165, 1.54) is 6.07 Å². The van der Waals surface area contributed by atoms with Gasteiger partial charge in [0, 0.05) is 30.6 Å². The van der Waals surface area contributed by atoms with Crippen molar-refractivity contribution in [1.82, 2.24) is 24.5 Å². The Balaban J connectivity index is 1.70. The summed E-state index contributed by atoms with van der Waals surface area (Å²) in [5.41, 5.74) is 3.24. The fourth-order valence-electron chi connectivity index (χ4n) is 2.97. The lowest BCUT2D eigenvalue weighted by Gasteiger charge is -2.16. The van der Waals surface area contributed by atoms with Gasteiger partial charge in [-0.2, -0.15) is 5.10 Å². The van der Waals surface area contributed by atoms with Gasteiger partial charge in [0.15, 0.2) is 11.4 Å². The third-order valence-corrected chi connectivity index (χ3v) is 4.07. The second-order valence-corrected chi connectivity index (χ2v) is 5.78. The quantitative estimate of drug-likeness (QED) is 0.755. The first kappa shape index (κ1) is 14.4. The Labute approximate surface area is 136 Å². The van der Waals surface area contributed by atoms with Crippen LogP contribution in [0, 0.1) is 6.92 Å². The number of pyridine rings is 1. The van der Waals surface area contributed by atoms with Crippen molar-refractivity contribution in [2.45, 2.75) is 20.0 Å². The van der Waals surface area contributed by atoms with Crippen LogP contribution < -0.4 is 10.3 Å². The number of amides is 1. The molecule has 1 amide bonds. The lowest BCUT2D eigenvalue weighted by Crippen LogP contribution is -2.25. The number of ether oxygens (including phenoxy) is 1. The molecule has 4 heterocycles.